The highest BCUT2D eigenvalue weighted by molar-refractivity contribution is 7.91. The van der Waals surface area contributed by atoms with Gasteiger partial charge in [-0.05, 0) is 44.5 Å². The molecule has 1 aromatic carbocycles. The first kappa shape index (κ1) is 25.0. The topological polar surface area (TPSA) is 127 Å². The second-order valence-electron chi connectivity index (χ2n) is 8.04. The Morgan fingerprint density at radius 3 is 2.35 bits per heavy atom. The summed E-state index contributed by atoms with van der Waals surface area (Å²) in [4.78, 5) is 28.2. The Morgan fingerprint density at radius 1 is 1.03 bits per heavy atom. The molecule has 0 saturated heterocycles. The van der Waals surface area contributed by atoms with Crippen molar-refractivity contribution in [1.29, 1.82) is 0 Å². The molecule has 2 N–H and O–H groups in total. The summed E-state index contributed by atoms with van der Waals surface area (Å²) in [5.74, 6) is -0.602. The summed E-state index contributed by atoms with van der Waals surface area (Å²) in [6, 6.07) is 6.16. The molecule has 13 heteroatoms. The van der Waals surface area contributed by atoms with Crippen LogP contribution < -0.4 is 10.0 Å². The Labute approximate surface area is 193 Å². The molecule has 2 heterocycles. The third kappa shape index (κ3) is 5.84. The van der Waals surface area contributed by atoms with E-state index >= 15 is 0 Å². The van der Waals surface area contributed by atoms with E-state index in [0.717, 1.165) is 6.26 Å². The maximum atomic E-state index is 13.0. The Bertz CT molecular complexity index is 1340. The Morgan fingerprint density at radius 2 is 1.74 bits per heavy atom. The van der Waals surface area contributed by atoms with E-state index in [4.69, 9.17) is 0 Å². The Kier molecular flexibility index (Phi) is 6.60. The maximum Gasteiger partial charge on any atom is 0.434 e. The fourth-order valence-electron chi connectivity index (χ4n) is 2.92. The van der Waals surface area contributed by atoms with Crippen LogP contribution in [0.2, 0.25) is 0 Å². The molecule has 34 heavy (non-hydrogen) atoms. The fourth-order valence-corrected chi connectivity index (χ4v) is 3.35. The van der Waals surface area contributed by atoms with Crippen LogP contribution in [0.1, 0.15) is 30.8 Å². The first-order valence-corrected chi connectivity index (χ1v) is 11.7. The van der Waals surface area contributed by atoms with Crippen LogP contribution in [0, 0.1) is 6.92 Å². The zero-order chi connectivity index (χ0) is 25.3. The Balaban J connectivity index is 1.83. The number of hydrogen-bond acceptors (Lipinski definition) is 7. The largest absolute Gasteiger partial charge is 0.434 e. The van der Waals surface area contributed by atoms with Crippen LogP contribution in [-0.4, -0.2) is 40.5 Å². The van der Waals surface area contributed by atoms with Crippen molar-refractivity contribution in [3.8, 4) is 11.3 Å². The van der Waals surface area contributed by atoms with Crippen molar-refractivity contribution >= 4 is 27.6 Å². The fraction of sp³-hybridized carbons (Fsp3) is 0.286. The van der Waals surface area contributed by atoms with Gasteiger partial charge in [0, 0.05) is 17.4 Å². The zero-order valence-corrected chi connectivity index (χ0v) is 19.4. The van der Waals surface area contributed by atoms with E-state index in [2.05, 4.69) is 30.0 Å². The molecule has 9 nitrogen and oxygen atoms in total. The number of nitrogens with one attached hydrogen (secondary N) is 2. The van der Waals surface area contributed by atoms with Crippen molar-refractivity contribution in [2.24, 2.45) is 0 Å². The number of amides is 1. The van der Waals surface area contributed by atoms with Crippen molar-refractivity contribution < 1.29 is 26.4 Å². The molecule has 0 fully saturated rings. The van der Waals surface area contributed by atoms with E-state index in [1.54, 1.807) is 32.9 Å². The minimum atomic E-state index is -4.62. The molecule has 0 aliphatic carbocycles. The zero-order valence-electron chi connectivity index (χ0n) is 18.6. The molecule has 0 aliphatic heterocycles. The van der Waals surface area contributed by atoms with Gasteiger partial charge in [0.05, 0.1) is 35.5 Å². The normalized spacial score (nSPS) is 12.3. The van der Waals surface area contributed by atoms with E-state index in [-0.39, 0.29) is 17.3 Å². The third-order valence-electron chi connectivity index (χ3n) is 4.84. The first-order chi connectivity index (χ1) is 15.7. The number of aromatic nitrogens is 4. The van der Waals surface area contributed by atoms with Crippen LogP contribution >= 0.6 is 0 Å². The number of sulfonamides is 1. The van der Waals surface area contributed by atoms with Crippen molar-refractivity contribution in [3.63, 3.8) is 0 Å². The number of rotatable bonds is 6. The maximum absolute atomic E-state index is 13.0. The predicted octanol–water partition coefficient (Wildman–Crippen LogP) is 3.55. The van der Waals surface area contributed by atoms with Crippen LogP contribution in [0.5, 0.6) is 0 Å². The van der Waals surface area contributed by atoms with Crippen LogP contribution in [-0.2, 0) is 26.4 Å². The van der Waals surface area contributed by atoms with Crippen LogP contribution in [0.25, 0.3) is 11.3 Å². The molecule has 0 aliphatic rings. The van der Waals surface area contributed by atoms with Crippen molar-refractivity contribution in [2.45, 2.75) is 32.4 Å². The lowest BCUT2D eigenvalue weighted by Crippen LogP contribution is -2.36. The number of halogens is 3. The highest BCUT2D eigenvalue weighted by Crippen LogP contribution is 2.30. The van der Waals surface area contributed by atoms with Gasteiger partial charge in [-0.1, -0.05) is 6.07 Å². The van der Waals surface area contributed by atoms with E-state index < -0.39 is 33.2 Å². The molecule has 180 valence electrons. The molecule has 0 bridgehead atoms. The molecular formula is C21H21F3N6O3S. The van der Waals surface area contributed by atoms with Crippen molar-refractivity contribution in [2.75, 3.05) is 16.3 Å². The number of carbonyl (C=O) groups excluding carboxylic acids is 1. The smallest absolute Gasteiger partial charge is 0.325 e. The number of aryl methyl sites for hydroxylation is 1. The summed E-state index contributed by atoms with van der Waals surface area (Å²) in [6.45, 7) is 4.90. The van der Waals surface area contributed by atoms with Gasteiger partial charge in [-0.2, -0.15) is 13.2 Å². The van der Waals surface area contributed by atoms with Crippen LogP contribution in [0.15, 0.2) is 42.9 Å². The highest BCUT2D eigenvalue weighted by atomic mass is 32.2. The Hall–Kier alpha value is -3.61. The summed E-state index contributed by atoms with van der Waals surface area (Å²) >= 11 is 0. The molecular weight excluding hydrogens is 473 g/mol. The molecule has 0 atom stereocenters. The van der Waals surface area contributed by atoms with Crippen LogP contribution in [0.4, 0.5) is 24.8 Å². The first-order valence-electron chi connectivity index (χ1n) is 9.80. The summed E-state index contributed by atoms with van der Waals surface area (Å²) < 4.78 is 63.8. The number of alkyl halides is 3. The van der Waals surface area contributed by atoms with Gasteiger partial charge >= 0.3 is 6.18 Å². The standard InChI is InChI=1S/C21H21F3N6O3S/c1-12-9-13(15-10-25-11-17(27-15)21(22,23)24)5-6-14(12)28-18(31)20(2,3)16-7-8-26-19(29-16)30-34(4,32)33/h5-11H,1-4H3,(H,28,31)(H,26,29,30). The van der Waals surface area contributed by atoms with Gasteiger partial charge in [0.1, 0.15) is 0 Å². The van der Waals surface area contributed by atoms with Gasteiger partial charge in [0.15, 0.2) is 5.69 Å². The second-order valence-corrected chi connectivity index (χ2v) is 9.78. The van der Waals surface area contributed by atoms with E-state index in [1.165, 1.54) is 24.5 Å². The van der Waals surface area contributed by atoms with Gasteiger partial charge < -0.3 is 5.32 Å². The summed E-state index contributed by atoms with van der Waals surface area (Å²) in [6.07, 6.45) is -0.450. The van der Waals surface area contributed by atoms with Gasteiger partial charge in [0.2, 0.25) is 21.9 Å². The molecule has 3 aromatic rings. The third-order valence-corrected chi connectivity index (χ3v) is 5.39. The minimum Gasteiger partial charge on any atom is -0.325 e. The highest BCUT2D eigenvalue weighted by Gasteiger charge is 2.34. The SMILES string of the molecule is Cc1cc(-c2cncc(C(F)(F)F)n2)ccc1NC(=O)C(C)(C)c1ccnc(NS(C)(=O)=O)n1. The van der Waals surface area contributed by atoms with Crippen LogP contribution in [0.3, 0.4) is 0 Å². The van der Waals surface area contributed by atoms with E-state index in [0.29, 0.717) is 23.0 Å². The van der Waals surface area contributed by atoms with Crippen molar-refractivity contribution in [3.05, 3.63) is 59.8 Å². The minimum absolute atomic E-state index is 0.0445. The lowest BCUT2D eigenvalue weighted by atomic mass is 9.87. The molecule has 1 amide bonds. The van der Waals surface area contributed by atoms with E-state index in [1.807, 2.05) is 0 Å². The average molecular weight is 494 g/mol. The van der Waals surface area contributed by atoms with Gasteiger partial charge in [-0.3, -0.25) is 14.5 Å². The predicted molar refractivity (Wildman–Crippen MR) is 119 cm³/mol. The van der Waals surface area contributed by atoms with E-state index in [9.17, 15) is 26.4 Å². The molecule has 0 radical (unpaired) electrons. The number of nitrogens with zero attached hydrogens (tertiary/aromatic N) is 4. The lowest BCUT2D eigenvalue weighted by molar-refractivity contribution is -0.141. The quantitative estimate of drug-likeness (QED) is 0.537. The lowest BCUT2D eigenvalue weighted by Gasteiger charge is -2.24. The molecule has 0 saturated carbocycles. The van der Waals surface area contributed by atoms with Crippen molar-refractivity contribution in [1.82, 2.24) is 19.9 Å². The average Bonchev–Trinajstić information content (AvgIpc) is 2.73. The number of carbonyl (C=O) groups is 1. The number of hydrogen-bond donors (Lipinski definition) is 2. The summed E-state index contributed by atoms with van der Waals surface area (Å²) in [5.41, 5.74) is -0.526. The number of benzene rings is 1. The second kappa shape index (κ2) is 8.97. The monoisotopic (exact) mass is 494 g/mol. The molecule has 2 aromatic heterocycles. The number of anilines is 2. The van der Waals surface area contributed by atoms with Gasteiger partial charge in [-0.15, -0.1) is 0 Å². The van der Waals surface area contributed by atoms with Gasteiger partial charge in [-0.25, -0.2) is 23.4 Å². The summed E-state index contributed by atoms with van der Waals surface area (Å²) in [5, 5.41) is 2.78. The molecule has 0 unspecified atom stereocenters. The molecule has 3 rings (SSSR count). The van der Waals surface area contributed by atoms with Gasteiger partial charge in [0.25, 0.3) is 0 Å². The molecule has 0 spiro atoms. The summed E-state index contributed by atoms with van der Waals surface area (Å²) in [7, 11) is -3.60.